The summed E-state index contributed by atoms with van der Waals surface area (Å²) in [6.07, 6.45) is 0. The minimum Gasteiger partial charge on any atom is -0.486 e. The summed E-state index contributed by atoms with van der Waals surface area (Å²) < 4.78 is 16.5. The molecule has 2 aromatic heterocycles. The van der Waals surface area contributed by atoms with Gasteiger partial charge in [-0.1, -0.05) is 46.6 Å². The summed E-state index contributed by atoms with van der Waals surface area (Å²) in [5.74, 6) is 0.732. The Balaban J connectivity index is 1.57. The van der Waals surface area contributed by atoms with Crippen molar-refractivity contribution in [1.29, 1.82) is 0 Å². The number of aryl methyl sites for hydroxylation is 2. The highest BCUT2D eigenvalue weighted by Crippen LogP contribution is 2.38. The molecule has 31 heavy (non-hydrogen) atoms. The zero-order chi connectivity index (χ0) is 21.5. The molecule has 0 saturated heterocycles. The number of pyridine rings is 1. The number of nitrogens with one attached hydrogen (secondary N) is 1. The van der Waals surface area contributed by atoms with E-state index >= 15 is 0 Å². The zero-order valence-electron chi connectivity index (χ0n) is 16.9. The van der Waals surface area contributed by atoms with Crippen LogP contribution in [-0.2, 0) is 0 Å². The van der Waals surface area contributed by atoms with Crippen molar-refractivity contribution in [3.63, 3.8) is 0 Å². The fraction of sp³-hybridized carbons (Fsp3) is 0.174. The summed E-state index contributed by atoms with van der Waals surface area (Å²) in [5.41, 5.74) is 4.31. The van der Waals surface area contributed by atoms with Crippen LogP contribution in [-0.4, -0.2) is 29.3 Å². The molecule has 1 aliphatic heterocycles. The second-order valence-corrected chi connectivity index (χ2v) is 7.71. The van der Waals surface area contributed by atoms with Crippen LogP contribution >= 0.6 is 11.6 Å². The van der Waals surface area contributed by atoms with Crippen molar-refractivity contribution in [2.75, 3.05) is 18.5 Å². The Hall–Kier alpha value is -3.58. The molecule has 5 rings (SSSR count). The number of nitrogens with zero attached hydrogens (tertiary/aromatic N) is 2. The summed E-state index contributed by atoms with van der Waals surface area (Å²) in [7, 11) is 0. The number of rotatable bonds is 3. The van der Waals surface area contributed by atoms with Crippen molar-refractivity contribution >= 4 is 34.3 Å². The Morgan fingerprint density at radius 3 is 2.48 bits per heavy atom. The first-order chi connectivity index (χ1) is 15.0. The SMILES string of the molecule is Cc1ccc(-c2cc(C(=O)Nc3cc4c(cc3Cl)OCCO4)c3c(C)noc3n2)cc1. The van der Waals surface area contributed by atoms with Crippen LogP contribution in [0.2, 0.25) is 5.02 Å². The van der Waals surface area contributed by atoms with E-state index in [0.29, 0.717) is 63.5 Å². The number of anilines is 1. The minimum absolute atomic E-state index is 0.300. The Bertz CT molecular complexity index is 1310. The maximum Gasteiger partial charge on any atom is 0.259 e. The van der Waals surface area contributed by atoms with Crippen LogP contribution in [0.25, 0.3) is 22.4 Å². The molecule has 0 atom stereocenters. The number of hydrogen-bond acceptors (Lipinski definition) is 6. The van der Waals surface area contributed by atoms with E-state index in [1.54, 1.807) is 25.1 Å². The number of fused-ring (bicyclic) bond motifs is 2. The lowest BCUT2D eigenvalue weighted by Gasteiger charge is -2.20. The van der Waals surface area contributed by atoms with Crippen molar-refractivity contribution in [2.24, 2.45) is 0 Å². The van der Waals surface area contributed by atoms with Crippen LogP contribution in [0.4, 0.5) is 5.69 Å². The van der Waals surface area contributed by atoms with Gasteiger partial charge in [0.1, 0.15) is 13.2 Å². The van der Waals surface area contributed by atoms with Gasteiger partial charge in [0.2, 0.25) is 0 Å². The monoisotopic (exact) mass is 435 g/mol. The third kappa shape index (κ3) is 3.57. The van der Waals surface area contributed by atoms with Gasteiger partial charge in [-0.2, -0.15) is 0 Å². The summed E-state index contributed by atoms with van der Waals surface area (Å²) in [5, 5.41) is 7.77. The van der Waals surface area contributed by atoms with E-state index in [2.05, 4.69) is 15.5 Å². The average Bonchev–Trinajstić information content (AvgIpc) is 3.15. The molecule has 4 aromatic rings. The topological polar surface area (TPSA) is 86.5 Å². The lowest BCUT2D eigenvalue weighted by atomic mass is 10.0. The van der Waals surface area contributed by atoms with E-state index in [-0.39, 0.29) is 5.91 Å². The number of halogens is 1. The van der Waals surface area contributed by atoms with Crippen molar-refractivity contribution < 1.29 is 18.8 Å². The molecule has 0 aliphatic carbocycles. The average molecular weight is 436 g/mol. The van der Waals surface area contributed by atoms with Crippen molar-refractivity contribution in [2.45, 2.75) is 13.8 Å². The summed E-state index contributed by atoms with van der Waals surface area (Å²) in [6, 6.07) is 12.9. The highest BCUT2D eigenvalue weighted by atomic mass is 35.5. The Morgan fingerprint density at radius 1 is 1.03 bits per heavy atom. The molecule has 0 bridgehead atoms. The van der Waals surface area contributed by atoms with Gasteiger partial charge >= 0.3 is 0 Å². The molecule has 1 N–H and O–H groups in total. The Kier molecular flexibility index (Phi) is 4.75. The molecule has 7 nitrogen and oxygen atoms in total. The van der Waals surface area contributed by atoms with Gasteiger partial charge in [-0.05, 0) is 19.9 Å². The van der Waals surface area contributed by atoms with Crippen LogP contribution in [0.1, 0.15) is 21.6 Å². The lowest BCUT2D eigenvalue weighted by Crippen LogP contribution is -2.17. The molecule has 1 amide bonds. The molecule has 0 fully saturated rings. The molecule has 3 heterocycles. The molecule has 0 saturated carbocycles. The summed E-state index contributed by atoms with van der Waals surface area (Å²) in [4.78, 5) is 17.8. The number of amides is 1. The van der Waals surface area contributed by atoms with Crippen molar-refractivity contribution in [3.8, 4) is 22.8 Å². The Labute approximate surface area is 182 Å². The molecule has 0 radical (unpaired) electrons. The van der Waals surface area contributed by atoms with Gasteiger partial charge < -0.3 is 19.3 Å². The molecule has 2 aromatic carbocycles. The number of carbonyl (C=O) groups excluding carboxylic acids is 1. The lowest BCUT2D eigenvalue weighted by molar-refractivity contribution is 0.102. The van der Waals surface area contributed by atoms with E-state index < -0.39 is 0 Å². The number of ether oxygens (including phenoxy) is 2. The fourth-order valence-corrected chi connectivity index (χ4v) is 3.70. The number of carbonyl (C=O) groups is 1. The van der Waals surface area contributed by atoms with Crippen LogP contribution in [0.15, 0.2) is 47.0 Å². The van der Waals surface area contributed by atoms with Crippen LogP contribution in [0.3, 0.4) is 0 Å². The summed E-state index contributed by atoms with van der Waals surface area (Å²) in [6.45, 7) is 4.68. The second-order valence-electron chi connectivity index (χ2n) is 7.30. The van der Waals surface area contributed by atoms with E-state index in [1.165, 1.54) is 0 Å². The standard InChI is InChI=1S/C23H18ClN3O4/c1-12-3-5-14(6-4-12)17-9-15(21-13(2)27-31-23(21)26-17)22(28)25-18-11-20-19(10-16(18)24)29-7-8-30-20/h3-6,9-11H,7-8H2,1-2H3,(H,25,28). The first-order valence-corrected chi connectivity index (χ1v) is 10.1. The predicted molar refractivity (Wildman–Crippen MR) is 117 cm³/mol. The Morgan fingerprint density at radius 2 is 1.74 bits per heavy atom. The fourth-order valence-electron chi connectivity index (χ4n) is 3.50. The quantitative estimate of drug-likeness (QED) is 0.477. The second kappa shape index (κ2) is 7.59. The largest absolute Gasteiger partial charge is 0.486 e. The molecule has 8 heteroatoms. The van der Waals surface area contributed by atoms with Gasteiger partial charge in [-0.3, -0.25) is 4.79 Å². The van der Waals surface area contributed by atoms with Crippen molar-refractivity contribution in [3.05, 3.63) is 64.3 Å². The van der Waals surface area contributed by atoms with E-state index in [1.807, 2.05) is 31.2 Å². The third-order valence-corrected chi connectivity index (χ3v) is 5.40. The normalized spacial score (nSPS) is 12.7. The van der Waals surface area contributed by atoms with Gasteiger partial charge in [0.25, 0.3) is 11.6 Å². The van der Waals surface area contributed by atoms with Crippen LogP contribution in [0, 0.1) is 13.8 Å². The third-order valence-electron chi connectivity index (χ3n) is 5.09. The van der Waals surface area contributed by atoms with Crippen molar-refractivity contribution in [1.82, 2.24) is 10.1 Å². The zero-order valence-corrected chi connectivity index (χ0v) is 17.6. The van der Waals surface area contributed by atoms with Gasteiger partial charge in [-0.25, -0.2) is 4.98 Å². The first-order valence-electron chi connectivity index (χ1n) is 9.74. The molecule has 1 aliphatic rings. The van der Waals surface area contributed by atoms with Gasteiger partial charge in [-0.15, -0.1) is 0 Å². The number of aromatic nitrogens is 2. The highest BCUT2D eigenvalue weighted by Gasteiger charge is 2.22. The first kappa shape index (κ1) is 19.4. The van der Waals surface area contributed by atoms with Gasteiger partial charge in [0, 0.05) is 17.7 Å². The highest BCUT2D eigenvalue weighted by molar-refractivity contribution is 6.34. The molecule has 156 valence electrons. The predicted octanol–water partition coefficient (Wildman–Crippen LogP) is 5.18. The number of benzene rings is 2. The summed E-state index contributed by atoms with van der Waals surface area (Å²) >= 11 is 6.37. The van der Waals surface area contributed by atoms with Crippen LogP contribution < -0.4 is 14.8 Å². The number of hydrogen-bond donors (Lipinski definition) is 1. The molecular weight excluding hydrogens is 418 g/mol. The van der Waals surface area contributed by atoms with E-state index in [9.17, 15) is 4.79 Å². The van der Waals surface area contributed by atoms with Crippen LogP contribution in [0.5, 0.6) is 11.5 Å². The molecular formula is C23H18ClN3O4. The maximum atomic E-state index is 13.3. The van der Waals surface area contributed by atoms with Gasteiger partial charge in [0.15, 0.2) is 11.5 Å². The maximum absolute atomic E-state index is 13.3. The molecule has 0 unspecified atom stereocenters. The van der Waals surface area contributed by atoms with E-state index in [0.717, 1.165) is 11.1 Å². The smallest absolute Gasteiger partial charge is 0.259 e. The molecule has 0 spiro atoms. The minimum atomic E-state index is -0.356. The van der Waals surface area contributed by atoms with E-state index in [4.69, 9.17) is 25.6 Å². The van der Waals surface area contributed by atoms with Gasteiger partial charge in [0.05, 0.1) is 33.0 Å².